The average Bonchev–Trinajstić information content (AvgIpc) is 3.24. The zero-order valence-corrected chi connectivity index (χ0v) is 15.3. The Labute approximate surface area is 162 Å². The zero-order chi connectivity index (χ0) is 19.5. The molecule has 3 aromatic rings. The number of hydrogen-bond donors (Lipinski definition) is 1. The van der Waals surface area contributed by atoms with Crippen LogP contribution in [0.15, 0.2) is 54.9 Å². The highest BCUT2D eigenvalue weighted by Gasteiger charge is 2.30. The van der Waals surface area contributed by atoms with Crippen LogP contribution in [0.2, 0.25) is 0 Å². The third-order valence-corrected chi connectivity index (χ3v) is 5.00. The molecular weight excluding hydrogens is 359 g/mol. The maximum atomic E-state index is 13.0. The molecule has 1 atom stereocenters. The Morgan fingerprint density at radius 3 is 2.79 bits per heavy atom. The molecule has 4 rings (SSSR count). The van der Waals surface area contributed by atoms with Crippen molar-refractivity contribution in [3.05, 3.63) is 66.2 Å². The lowest BCUT2D eigenvalue weighted by atomic mass is 10.1. The molecule has 0 aliphatic carbocycles. The highest BCUT2D eigenvalue weighted by atomic mass is 19.1. The predicted molar refractivity (Wildman–Crippen MR) is 103 cm³/mol. The smallest absolute Gasteiger partial charge is 0.240 e. The molecule has 0 spiro atoms. The molecule has 1 aromatic heterocycles. The first-order valence-electron chi connectivity index (χ1n) is 9.30. The van der Waals surface area contributed by atoms with Crippen LogP contribution in [0.5, 0.6) is 0 Å². The van der Waals surface area contributed by atoms with Crippen LogP contribution in [0.4, 0.5) is 4.39 Å². The number of fused-ring (bicyclic) bond motifs is 1. The molecule has 2 aromatic carbocycles. The second-order valence-corrected chi connectivity index (χ2v) is 7.05. The van der Waals surface area contributed by atoms with Gasteiger partial charge in [0.2, 0.25) is 11.8 Å². The summed E-state index contributed by atoms with van der Waals surface area (Å²) < 4.78 is 14.8. The fourth-order valence-electron chi connectivity index (χ4n) is 3.56. The van der Waals surface area contributed by atoms with Gasteiger partial charge in [0.15, 0.2) is 0 Å². The van der Waals surface area contributed by atoms with Gasteiger partial charge >= 0.3 is 0 Å². The summed E-state index contributed by atoms with van der Waals surface area (Å²) >= 11 is 0. The molecule has 2 heterocycles. The molecular formula is C21H21FN4O2. The number of halogens is 1. The molecule has 2 amide bonds. The number of rotatable bonds is 6. The van der Waals surface area contributed by atoms with Crippen LogP contribution in [0.1, 0.15) is 12.0 Å². The van der Waals surface area contributed by atoms with Crippen molar-refractivity contribution in [2.75, 3.05) is 13.1 Å². The molecule has 7 heteroatoms. The molecule has 0 saturated carbocycles. The summed E-state index contributed by atoms with van der Waals surface area (Å²) in [5.74, 6) is -0.378. The number of carbonyl (C=O) groups excluding carboxylic acids is 2. The van der Waals surface area contributed by atoms with Gasteiger partial charge in [0.25, 0.3) is 0 Å². The largest absolute Gasteiger partial charge is 0.350 e. The van der Waals surface area contributed by atoms with E-state index in [0.29, 0.717) is 25.9 Å². The van der Waals surface area contributed by atoms with Crippen molar-refractivity contribution in [2.45, 2.75) is 25.4 Å². The van der Waals surface area contributed by atoms with Gasteiger partial charge in [-0.2, -0.15) is 0 Å². The summed E-state index contributed by atoms with van der Waals surface area (Å²) in [4.78, 5) is 30.7. The number of para-hydroxylation sites is 2. The van der Waals surface area contributed by atoms with E-state index >= 15 is 0 Å². The topological polar surface area (TPSA) is 67.2 Å². The first kappa shape index (κ1) is 18.2. The van der Waals surface area contributed by atoms with Gasteiger partial charge in [-0.1, -0.05) is 24.3 Å². The Hall–Kier alpha value is -3.22. The first-order valence-corrected chi connectivity index (χ1v) is 9.30. The van der Waals surface area contributed by atoms with E-state index in [2.05, 4.69) is 10.3 Å². The fourth-order valence-corrected chi connectivity index (χ4v) is 3.56. The van der Waals surface area contributed by atoms with E-state index < -0.39 is 0 Å². The van der Waals surface area contributed by atoms with Crippen LogP contribution < -0.4 is 5.32 Å². The number of hydrogen-bond acceptors (Lipinski definition) is 3. The van der Waals surface area contributed by atoms with Gasteiger partial charge in [-0.15, -0.1) is 0 Å². The highest BCUT2D eigenvalue weighted by Crippen LogP contribution is 2.14. The number of amides is 2. The standard InChI is InChI=1S/C21H21FN4O2/c22-16-7-5-15(6-8-16)9-10-25-12-17(11-21(25)28)24-20(27)13-26-14-23-18-3-1-2-4-19(18)26/h1-8,14,17H,9-13H2,(H,24,27)/t17-/m0/s1. The number of imidazole rings is 1. The molecule has 144 valence electrons. The SMILES string of the molecule is O=C(Cn1cnc2ccccc21)N[C@H]1CC(=O)N(CCc2ccc(F)cc2)C1. The molecule has 28 heavy (non-hydrogen) atoms. The summed E-state index contributed by atoms with van der Waals surface area (Å²) in [5, 5.41) is 2.95. The van der Waals surface area contributed by atoms with Gasteiger partial charge in [0.05, 0.1) is 23.4 Å². The van der Waals surface area contributed by atoms with Crippen molar-refractivity contribution in [2.24, 2.45) is 0 Å². The third kappa shape index (κ3) is 4.03. The predicted octanol–water partition coefficient (Wildman–Crippen LogP) is 2.14. The lowest BCUT2D eigenvalue weighted by Crippen LogP contribution is -2.39. The number of carbonyl (C=O) groups is 2. The summed E-state index contributed by atoms with van der Waals surface area (Å²) in [6.45, 7) is 1.22. The summed E-state index contributed by atoms with van der Waals surface area (Å²) in [6, 6.07) is 13.7. The molecule has 1 N–H and O–H groups in total. The lowest BCUT2D eigenvalue weighted by Gasteiger charge is -2.17. The normalized spacial score (nSPS) is 16.7. The van der Waals surface area contributed by atoms with Crippen molar-refractivity contribution in [3.63, 3.8) is 0 Å². The van der Waals surface area contributed by atoms with Crippen LogP contribution in [-0.2, 0) is 22.6 Å². The van der Waals surface area contributed by atoms with Crippen molar-refractivity contribution in [3.8, 4) is 0 Å². The van der Waals surface area contributed by atoms with Crippen molar-refractivity contribution in [1.82, 2.24) is 19.8 Å². The molecule has 0 bridgehead atoms. The van der Waals surface area contributed by atoms with E-state index in [1.165, 1.54) is 12.1 Å². The molecule has 6 nitrogen and oxygen atoms in total. The van der Waals surface area contributed by atoms with E-state index in [4.69, 9.17) is 0 Å². The van der Waals surface area contributed by atoms with Crippen molar-refractivity contribution < 1.29 is 14.0 Å². The van der Waals surface area contributed by atoms with E-state index in [9.17, 15) is 14.0 Å². The number of aromatic nitrogens is 2. The Morgan fingerprint density at radius 1 is 1.18 bits per heavy atom. The van der Waals surface area contributed by atoms with E-state index in [1.54, 1.807) is 27.9 Å². The van der Waals surface area contributed by atoms with E-state index in [0.717, 1.165) is 16.6 Å². The number of likely N-dealkylation sites (tertiary alicyclic amines) is 1. The molecule has 0 unspecified atom stereocenters. The molecule has 1 fully saturated rings. The van der Waals surface area contributed by atoms with Crippen LogP contribution in [-0.4, -0.2) is 45.4 Å². The summed E-state index contributed by atoms with van der Waals surface area (Å²) in [5.41, 5.74) is 2.73. The number of benzene rings is 2. The van der Waals surface area contributed by atoms with Gasteiger partial charge in [-0.3, -0.25) is 9.59 Å². The number of nitrogens with zero attached hydrogens (tertiary/aromatic N) is 3. The minimum absolute atomic E-state index is 0.0282. The van der Waals surface area contributed by atoms with Crippen LogP contribution >= 0.6 is 0 Å². The molecule has 1 aliphatic heterocycles. The second-order valence-electron chi connectivity index (χ2n) is 7.05. The van der Waals surface area contributed by atoms with Crippen LogP contribution in [0, 0.1) is 5.82 Å². The zero-order valence-electron chi connectivity index (χ0n) is 15.3. The quantitative estimate of drug-likeness (QED) is 0.712. The lowest BCUT2D eigenvalue weighted by molar-refractivity contribution is -0.127. The Kier molecular flexibility index (Phi) is 5.06. The maximum absolute atomic E-state index is 13.0. The summed E-state index contributed by atoms with van der Waals surface area (Å²) in [7, 11) is 0. The Bertz CT molecular complexity index is 999. The van der Waals surface area contributed by atoms with E-state index in [1.807, 2.05) is 24.3 Å². The van der Waals surface area contributed by atoms with E-state index in [-0.39, 0.29) is 30.2 Å². The minimum atomic E-state index is -0.269. The van der Waals surface area contributed by atoms with Gasteiger partial charge < -0.3 is 14.8 Å². The molecule has 0 radical (unpaired) electrons. The van der Waals surface area contributed by atoms with Gasteiger partial charge in [-0.25, -0.2) is 9.37 Å². The van der Waals surface area contributed by atoms with Crippen molar-refractivity contribution in [1.29, 1.82) is 0 Å². The molecule has 1 aliphatic rings. The second kappa shape index (κ2) is 7.80. The van der Waals surface area contributed by atoms with Crippen LogP contribution in [0.25, 0.3) is 11.0 Å². The first-order chi connectivity index (χ1) is 13.6. The van der Waals surface area contributed by atoms with Crippen molar-refractivity contribution >= 4 is 22.8 Å². The van der Waals surface area contributed by atoms with Gasteiger partial charge in [0.1, 0.15) is 12.4 Å². The monoisotopic (exact) mass is 380 g/mol. The Morgan fingerprint density at radius 2 is 1.96 bits per heavy atom. The Balaban J connectivity index is 1.30. The molecule has 1 saturated heterocycles. The summed E-state index contributed by atoms with van der Waals surface area (Å²) in [6.07, 6.45) is 2.62. The van der Waals surface area contributed by atoms with Gasteiger partial charge in [-0.05, 0) is 36.2 Å². The number of nitrogens with one attached hydrogen (secondary N) is 1. The minimum Gasteiger partial charge on any atom is -0.350 e. The van der Waals surface area contributed by atoms with Gasteiger partial charge in [0, 0.05) is 19.5 Å². The average molecular weight is 380 g/mol. The van der Waals surface area contributed by atoms with Crippen LogP contribution in [0.3, 0.4) is 0 Å². The third-order valence-electron chi connectivity index (χ3n) is 5.00. The fraction of sp³-hybridized carbons (Fsp3) is 0.286. The maximum Gasteiger partial charge on any atom is 0.240 e. The highest BCUT2D eigenvalue weighted by molar-refractivity contribution is 5.83.